The number of carbonyl (C=O) groups excluding carboxylic acids is 2. The molecule has 0 aromatic carbocycles. The molecule has 1 aromatic heterocycles. The van der Waals surface area contributed by atoms with Crippen LogP contribution in [0.3, 0.4) is 0 Å². The van der Waals surface area contributed by atoms with Crippen molar-refractivity contribution in [1.82, 2.24) is 14.6 Å². The molecule has 0 spiro atoms. The Hall–Kier alpha value is -1.61. The predicted octanol–water partition coefficient (Wildman–Crippen LogP) is 3.24. The monoisotopic (exact) mass is 619 g/mol. The highest BCUT2D eigenvalue weighted by atomic mass is 35.5. The average molecular weight is 620 g/mol. The first-order chi connectivity index (χ1) is 17.8. The van der Waals surface area contributed by atoms with E-state index in [1.165, 1.54) is 6.92 Å². The van der Waals surface area contributed by atoms with E-state index in [1.807, 2.05) is 0 Å². The molecule has 0 bridgehead atoms. The third kappa shape index (κ3) is 9.76. The van der Waals surface area contributed by atoms with E-state index in [4.69, 9.17) is 30.1 Å². The number of hydrogen-bond acceptors (Lipinski definition) is 10. The molecule has 39 heavy (non-hydrogen) atoms. The number of esters is 1. The molecule has 5 atom stereocenters. The van der Waals surface area contributed by atoms with Crippen LogP contribution < -0.4 is 16.3 Å². The zero-order valence-corrected chi connectivity index (χ0v) is 24.8. The lowest BCUT2D eigenvalue weighted by molar-refractivity contribution is -0.149. The number of aromatic amines is 1. The summed E-state index contributed by atoms with van der Waals surface area (Å²) in [5.41, 5.74) is -3.07. The van der Waals surface area contributed by atoms with Gasteiger partial charge in [-0.3, -0.25) is 33.0 Å². The van der Waals surface area contributed by atoms with Crippen molar-refractivity contribution in [3.8, 4) is 0 Å². The maximum atomic E-state index is 15.1. The smallest absolute Gasteiger partial charge is 0.406 e. The number of H-pyrrole nitrogens is 1. The van der Waals surface area contributed by atoms with Crippen molar-refractivity contribution in [3.05, 3.63) is 32.9 Å². The van der Waals surface area contributed by atoms with Crippen LogP contribution in [0, 0.1) is 11.2 Å². The van der Waals surface area contributed by atoms with Crippen LogP contribution in [-0.2, 0) is 32.7 Å². The van der Waals surface area contributed by atoms with Crippen LogP contribution in [-0.4, -0.2) is 63.0 Å². The number of nitrogens with one attached hydrogen (secondary N) is 2. The molecule has 1 aliphatic rings. The number of aromatic nitrogens is 2. The van der Waals surface area contributed by atoms with Crippen molar-refractivity contribution >= 4 is 42.2 Å². The molecule has 2 rings (SSSR count). The Balaban J connectivity index is 2.13. The SMILES string of the molecule is CC(C)OC(=O)C(C)NP(=O)(OCCSC(=O)C(C)(C)C)OC[C@@H]1C[C@](F)(Cl)[C@H](n2cc(F)c(=O)[nH]c2=O)O1. The van der Waals surface area contributed by atoms with Crippen LogP contribution in [0.1, 0.15) is 54.2 Å². The molecular weight excluding hydrogens is 587 g/mol. The van der Waals surface area contributed by atoms with E-state index in [0.717, 1.165) is 11.8 Å². The van der Waals surface area contributed by atoms with E-state index in [-0.39, 0.29) is 17.5 Å². The summed E-state index contributed by atoms with van der Waals surface area (Å²) in [6.45, 7) is 9.05. The van der Waals surface area contributed by atoms with Gasteiger partial charge in [0.05, 0.1) is 31.6 Å². The van der Waals surface area contributed by atoms with Gasteiger partial charge in [0.25, 0.3) is 5.56 Å². The van der Waals surface area contributed by atoms with E-state index >= 15 is 4.39 Å². The molecule has 0 saturated carbocycles. The summed E-state index contributed by atoms with van der Waals surface area (Å²) in [5.74, 6) is -1.99. The molecule has 2 unspecified atom stereocenters. The lowest BCUT2D eigenvalue weighted by Crippen LogP contribution is -2.38. The summed E-state index contributed by atoms with van der Waals surface area (Å²) in [6.07, 6.45) is -3.62. The first-order valence-corrected chi connectivity index (χ1v) is 14.8. The van der Waals surface area contributed by atoms with Crippen molar-refractivity contribution in [1.29, 1.82) is 0 Å². The minimum atomic E-state index is -4.28. The molecule has 1 fully saturated rings. The molecule has 0 amide bonds. The Kier molecular flexibility index (Phi) is 11.5. The van der Waals surface area contributed by atoms with Gasteiger partial charge in [-0.15, -0.1) is 0 Å². The number of nitrogens with zero attached hydrogens (tertiary/aromatic N) is 1. The Morgan fingerprint density at radius 2 is 1.97 bits per heavy atom. The second-order valence-corrected chi connectivity index (χ2v) is 13.5. The highest BCUT2D eigenvalue weighted by Crippen LogP contribution is 2.48. The minimum absolute atomic E-state index is 0.119. The summed E-state index contributed by atoms with van der Waals surface area (Å²) >= 11 is 6.85. The highest BCUT2D eigenvalue weighted by molar-refractivity contribution is 8.13. The van der Waals surface area contributed by atoms with Gasteiger partial charge in [0.15, 0.2) is 11.3 Å². The van der Waals surface area contributed by atoms with Gasteiger partial charge in [0, 0.05) is 17.6 Å². The number of rotatable bonds is 12. The number of ether oxygens (including phenoxy) is 2. The molecule has 0 aliphatic carbocycles. The molecule has 0 radical (unpaired) electrons. The van der Waals surface area contributed by atoms with Gasteiger partial charge in [-0.25, -0.2) is 18.8 Å². The molecule has 12 nitrogen and oxygen atoms in total. The number of hydrogen-bond donors (Lipinski definition) is 2. The van der Waals surface area contributed by atoms with Crippen molar-refractivity contribution in [2.45, 2.75) is 77.6 Å². The van der Waals surface area contributed by atoms with Crippen molar-refractivity contribution in [2.75, 3.05) is 19.0 Å². The van der Waals surface area contributed by atoms with Gasteiger partial charge in [-0.2, -0.15) is 4.39 Å². The second-order valence-electron chi connectivity index (χ2n) is 10.1. The van der Waals surface area contributed by atoms with Crippen LogP contribution in [0.5, 0.6) is 0 Å². The highest BCUT2D eigenvalue weighted by Gasteiger charge is 2.50. The average Bonchev–Trinajstić information content (AvgIpc) is 3.10. The van der Waals surface area contributed by atoms with Crippen LogP contribution >= 0.6 is 31.1 Å². The van der Waals surface area contributed by atoms with E-state index in [2.05, 4.69) is 5.09 Å². The zero-order valence-electron chi connectivity index (χ0n) is 22.3. The number of carbonyl (C=O) groups is 2. The molecule has 17 heteroatoms. The van der Waals surface area contributed by atoms with Gasteiger partial charge in [0.1, 0.15) is 6.04 Å². The summed E-state index contributed by atoms with van der Waals surface area (Å²) in [7, 11) is -4.28. The van der Waals surface area contributed by atoms with E-state index in [0.29, 0.717) is 10.8 Å². The van der Waals surface area contributed by atoms with Crippen LogP contribution in [0.25, 0.3) is 0 Å². The van der Waals surface area contributed by atoms with E-state index in [1.54, 1.807) is 39.6 Å². The van der Waals surface area contributed by atoms with Gasteiger partial charge in [0.2, 0.25) is 10.9 Å². The van der Waals surface area contributed by atoms with Crippen LogP contribution in [0.2, 0.25) is 0 Å². The third-order valence-corrected chi connectivity index (χ3v) is 8.34. The summed E-state index contributed by atoms with van der Waals surface area (Å²) in [6, 6.07) is -1.14. The Morgan fingerprint density at radius 1 is 1.33 bits per heavy atom. The molecule has 222 valence electrons. The van der Waals surface area contributed by atoms with E-state index in [9.17, 15) is 28.1 Å². The Morgan fingerprint density at radius 3 is 2.56 bits per heavy atom. The van der Waals surface area contributed by atoms with Gasteiger partial charge >= 0.3 is 19.4 Å². The van der Waals surface area contributed by atoms with Crippen molar-refractivity contribution in [2.24, 2.45) is 5.41 Å². The number of alkyl halides is 2. The zero-order chi connectivity index (χ0) is 29.8. The summed E-state index contributed by atoms with van der Waals surface area (Å²) in [5, 5.41) is -0.401. The molecule has 1 saturated heterocycles. The van der Waals surface area contributed by atoms with Gasteiger partial charge in [-0.05, 0) is 20.8 Å². The summed E-state index contributed by atoms with van der Waals surface area (Å²) in [4.78, 5) is 49.4. The van der Waals surface area contributed by atoms with Crippen LogP contribution in [0.15, 0.2) is 15.8 Å². The normalized spacial score (nSPS) is 23.9. The Bertz CT molecular complexity index is 1200. The fourth-order valence-corrected chi connectivity index (χ4v) is 5.90. The largest absolute Gasteiger partial charge is 0.462 e. The van der Waals surface area contributed by atoms with E-state index < -0.39 is 78.8 Å². The maximum Gasteiger partial charge on any atom is 0.406 e. The molecular formula is C22H33ClF2N3O9PS. The first-order valence-electron chi connectivity index (χ1n) is 11.9. The molecule has 1 aromatic rings. The fourth-order valence-electron chi connectivity index (χ4n) is 3.16. The molecule has 2 heterocycles. The standard InChI is InChI=1S/C22H33ClF2N3O9PS/c1-12(2)36-17(30)13(3)27-38(33,34-7-8-39-19(31)21(4,5)6)35-11-14-9-22(23,25)18(37-14)28-10-15(24)16(29)26-20(28)32/h10,12-14,18H,7-9,11H2,1-6H3,(H,27,33)(H,26,29,32)/t13?,14-,18+,22+,38?/m0/s1. The maximum absolute atomic E-state index is 15.1. The summed E-state index contributed by atoms with van der Waals surface area (Å²) < 4.78 is 64.1. The topological polar surface area (TPSA) is 155 Å². The molecule has 2 N–H and O–H groups in total. The third-order valence-electron chi connectivity index (χ3n) is 5.04. The Labute approximate surface area is 233 Å². The van der Waals surface area contributed by atoms with Gasteiger partial charge < -0.3 is 9.47 Å². The van der Waals surface area contributed by atoms with Crippen LogP contribution in [0.4, 0.5) is 8.78 Å². The molecule has 1 aliphatic heterocycles. The first kappa shape index (κ1) is 33.6. The lowest BCUT2D eigenvalue weighted by Gasteiger charge is -2.24. The number of halogens is 3. The quantitative estimate of drug-likeness (QED) is 0.153. The fraction of sp³-hybridized carbons (Fsp3) is 0.727. The second kappa shape index (κ2) is 13.4. The van der Waals surface area contributed by atoms with Crippen molar-refractivity contribution in [3.63, 3.8) is 0 Å². The predicted molar refractivity (Wildman–Crippen MR) is 140 cm³/mol. The van der Waals surface area contributed by atoms with Crippen molar-refractivity contribution < 1.29 is 41.5 Å². The number of thioether (sulfide) groups is 1. The lowest BCUT2D eigenvalue weighted by atomic mass is 10.00. The van der Waals surface area contributed by atoms with Gasteiger partial charge in [-0.1, -0.05) is 44.1 Å². The minimum Gasteiger partial charge on any atom is -0.462 e.